The largest absolute Gasteiger partial charge is 0.395 e. The van der Waals surface area contributed by atoms with E-state index in [1.165, 1.54) is 0 Å². The minimum absolute atomic E-state index is 0.0320. The highest BCUT2D eigenvalue weighted by Crippen LogP contribution is 2.17. The van der Waals surface area contributed by atoms with E-state index in [1.54, 1.807) is 0 Å². The van der Waals surface area contributed by atoms with E-state index in [0.29, 0.717) is 12.3 Å². The maximum Gasteiger partial charge on any atom is 0.255 e. The standard InChI is InChI=1S/C11H20F2N2O2/c1-8-2-3-14-9(6-8)11(17)15(4-5-16)7-10(12)13/h8-10,14,16H,2-7H2,1H3. The zero-order valence-electron chi connectivity index (χ0n) is 10.0. The first-order valence-corrected chi connectivity index (χ1v) is 5.95. The summed E-state index contributed by atoms with van der Waals surface area (Å²) in [4.78, 5) is 13.0. The fraction of sp³-hybridized carbons (Fsp3) is 0.909. The summed E-state index contributed by atoms with van der Waals surface area (Å²) in [5, 5.41) is 11.8. The van der Waals surface area contributed by atoms with Crippen molar-refractivity contribution in [1.82, 2.24) is 10.2 Å². The maximum absolute atomic E-state index is 12.3. The Morgan fingerprint density at radius 3 is 2.82 bits per heavy atom. The summed E-state index contributed by atoms with van der Waals surface area (Å²) < 4.78 is 24.6. The maximum atomic E-state index is 12.3. The van der Waals surface area contributed by atoms with Gasteiger partial charge in [0.25, 0.3) is 6.43 Å². The topological polar surface area (TPSA) is 52.6 Å². The molecule has 1 saturated heterocycles. The minimum atomic E-state index is -2.56. The normalized spacial score (nSPS) is 25.0. The molecule has 17 heavy (non-hydrogen) atoms. The van der Waals surface area contributed by atoms with E-state index in [-0.39, 0.29) is 25.1 Å². The number of halogens is 2. The molecule has 100 valence electrons. The molecule has 1 aliphatic heterocycles. The van der Waals surface area contributed by atoms with Gasteiger partial charge in [-0.1, -0.05) is 6.92 Å². The molecule has 0 spiro atoms. The molecule has 0 radical (unpaired) electrons. The van der Waals surface area contributed by atoms with Gasteiger partial charge in [0, 0.05) is 6.54 Å². The van der Waals surface area contributed by atoms with Crippen LogP contribution in [-0.2, 0) is 4.79 Å². The fourth-order valence-electron chi connectivity index (χ4n) is 2.09. The van der Waals surface area contributed by atoms with Gasteiger partial charge in [0.1, 0.15) is 0 Å². The molecular formula is C11H20F2N2O2. The molecule has 0 bridgehead atoms. The number of carbonyl (C=O) groups excluding carboxylic acids is 1. The van der Waals surface area contributed by atoms with Crippen LogP contribution in [0, 0.1) is 5.92 Å². The van der Waals surface area contributed by atoms with Gasteiger partial charge in [-0.3, -0.25) is 4.79 Å². The zero-order valence-corrected chi connectivity index (χ0v) is 10.0. The third-order valence-electron chi connectivity index (χ3n) is 3.00. The first kappa shape index (κ1) is 14.3. The Labute approximate surface area is 100.0 Å². The molecule has 0 aromatic heterocycles. The van der Waals surface area contributed by atoms with Gasteiger partial charge in [0.2, 0.25) is 5.91 Å². The molecular weight excluding hydrogens is 230 g/mol. The number of piperidine rings is 1. The molecule has 0 saturated carbocycles. The molecule has 1 heterocycles. The number of nitrogens with one attached hydrogen (secondary N) is 1. The van der Waals surface area contributed by atoms with Crippen molar-refractivity contribution in [3.8, 4) is 0 Å². The molecule has 2 N–H and O–H groups in total. The van der Waals surface area contributed by atoms with E-state index < -0.39 is 13.0 Å². The minimum Gasteiger partial charge on any atom is -0.395 e. The summed E-state index contributed by atoms with van der Waals surface area (Å²) in [5.74, 6) is 0.0960. The lowest BCUT2D eigenvalue weighted by Crippen LogP contribution is -2.51. The first-order valence-electron chi connectivity index (χ1n) is 5.95. The Morgan fingerprint density at radius 1 is 1.59 bits per heavy atom. The zero-order chi connectivity index (χ0) is 12.8. The number of aliphatic hydroxyl groups is 1. The van der Waals surface area contributed by atoms with Crippen LogP contribution in [0.25, 0.3) is 0 Å². The van der Waals surface area contributed by atoms with Gasteiger partial charge >= 0.3 is 0 Å². The van der Waals surface area contributed by atoms with Gasteiger partial charge in [-0.2, -0.15) is 0 Å². The Morgan fingerprint density at radius 2 is 2.29 bits per heavy atom. The van der Waals surface area contributed by atoms with Crippen LogP contribution >= 0.6 is 0 Å². The quantitative estimate of drug-likeness (QED) is 0.745. The van der Waals surface area contributed by atoms with Gasteiger partial charge in [-0.05, 0) is 25.3 Å². The summed E-state index contributed by atoms with van der Waals surface area (Å²) >= 11 is 0. The highest BCUT2D eigenvalue weighted by atomic mass is 19.3. The van der Waals surface area contributed by atoms with Crippen molar-refractivity contribution < 1.29 is 18.7 Å². The lowest BCUT2D eigenvalue weighted by molar-refractivity contribution is -0.136. The highest BCUT2D eigenvalue weighted by molar-refractivity contribution is 5.82. The van der Waals surface area contributed by atoms with Gasteiger partial charge in [-0.15, -0.1) is 0 Å². The van der Waals surface area contributed by atoms with E-state index in [0.717, 1.165) is 17.9 Å². The summed E-state index contributed by atoms with van der Waals surface area (Å²) in [7, 11) is 0. The third kappa shape index (κ3) is 4.55. The van der Waals surface area contributed by atoms with Gasteiger partial charge in [-0.25, -0.2) is 8.78 Å². The van der Waals surface area contributed by atoms with E-state index in [2.05, 4.69) is 5.32 Å². The summed E-state index contributed by atoms with van der Waals surface area (Å²) in [6, 6.07) is -0.385. The van der Waals surface area contributed by atoms with E-state index >= 15 is 0 Å². The van der Waals surface area contributed by atoms with Crippen LogP contribution in [0.2, 0.25) is 0 Å². The van der Waals surface area contributed by atoms with Crippen molar-refractivity contribution in [2.24, 2.45) is 5.92 Å². The van der Waals surface area contributed by atoms with Crippen molar-refractivity contribution in [2.45, 2.75) is 32.2 Å². The molecule has 4 nitrogen and oxygen atoms in total. The smallest absolute Gasteiger partial charge is 0.255 e. The molecule has 2 unspecified atom stereocenters. The number of nitrogens with zero attached hydrogens (tertiary/aromatic N) is 1. The molecule has 0 aliphatic carbocycles. The first-order chi connectivity index (χ1) is 8.04. The molecule has 1 fully saturated rings. The Kier molecular flexibility index (Phi) is 5.77. The second kappa shape index (κ2) is 6.86. The van der Waals surface area contributed by atoms with Crippen molar-refractivity contribution in [3.05, 3.63) is 0 Å². The van der Waals surface area contributed by atoms with E-state index in [4.69, 9.17) is 5.11 Å². The molecule has 0 aromatic rings. The van der Waals surface area contributed by atoms with Gasteiger partial charge in [0.15, 0.2) is 0 Å². The predicted octanol–water partition coefficient (Wildman–Crippen LogP) is 0.460. The predicted molar refractivity (Wildman–Crippen MR) is 59.9 cm³/mol. The van der Waals surface area contributed by atoms with Crippen molar-refractivity contribution >= 4 is 5.91 Å². The molecule has 6 heteroatoms. The van der Waals surface area contributed by atoms with Gasteiger partial charge in [0.05, 0.1) is 19.2 Å². The van der Waals surface area contributed by atoms with Crippen molar-refractivity contribution in [2.75, 3.05) is 26.2 Å². The Bertz CT molecular complexity index is 252. The SMILES string of the molecule is CC1CCNC(C(=O)N(CCO)CC(F)F)C1. The van der Waals surface area contributed by atoms with E-state index in [9.17, 15) is 13.6 Å². The van der Waals surface area contributed by atoms with Crippen LogP contribution in [0.5, 0.6) is 0 Å². The number of hydrogen-bond donors (Lipinski definition) is 2. The third-order valence-corrected chi connectivity index (χ3v) is 3.00. The van der Waals surface area contributed by atoms with Crippen LogP contribution in [0.4, 0.5) is 8.78 Å². The monoisotopic (exact) mass is 250 g/mol. The molecule has 0 aromatic carbocycles. The summed E-state index contributed by atoms with van der Waals surface area (Å²) in [6.45, 7) is 1.85. The fourth-order valence-corrected chi connectivity index (χ4v) is 2.09. The van der Waals surface area contributed by atoms with Crippen LogP contribution in [0.15, 0.2) is 0 Å². The molecule has 2 atom stereocenters. The van der Waals surface area contributed by atoms with Crippen molar-refractivity contribution in [3.63, 3.8) is 0 Å². The average molecular weight is 250 g/mol. The van der Waals surface area contributed by atoms with Crippen LogP contribution in [0.3, 0.4) is 0 Å². The average Bonchev–Trinajstić information content (AvgIpc) is 2.27. The number of carbonyl (C=O) groups is 1. The van der Waals surface area contributed by atoms with E-state index in [1.807, 2.05) is 6.92 Å². The number of amides is 1. The summed E-state index contributed by atoms with van der Waals surface area (Å²) in [5.41, 5.74) is 0. The van der Waals surface area contributed by atoms with Crippen molar-refractivity contribution in [1.29, 1.82) is 0 Å². The van der Waals surface area contributed by atoms with Crippen LogP contribution in [0.1, 0.15) is 19.8 Å². The van der Waals surface area contributed by atoms with Crippen LogP contribution < -0.4 is 5.32 Å². The molecule has 1 rings (SSSR count). The molecule has 1 amide bonds. The lowest BCUT2D eigenvalue weighted by atomic mass is 9.93. The summed E-state index contributed by atoms with van der Waals surface area (Å²) in [6.07, 6.45) is -0.894. The highest BCUT2D eigenvalue weighted by Gasteiger charge is 2.29. The number of rotatable bonds is 5. The Balaban J connectivity index is 2.56. The number of aliphatic hydroxyl groups excluding tert-OH is 1. The molecule has 1 aliphatic rings. The number of hydrogen-bond acceptors (Lipinski definition) is 3. The Hall–Kier alpha value is -0.750. The number of alkyl halides is 2. The lowest BCUT2D eigenvalue weighted by Gasteiger charge is -2.32. The van der Waals surface area contributed by atoms with Gasteiger partial charge < -0.3 is 15.3 Å². The second-order valence-corrected chi connectivity index (χ2v) is 4.54. The second-order valence-electron chi connectivity index (χ2n) is 4.54. The van der Waals surface area contributed by atoms with Crippen LogP contribution in [-0.4, -0.2) is 54.6 Å².